The number of ketones is 2. The molecule has 0 saturated carbocycles. The molecule has 0 radical (unpaired) electrons. The van der Waals surface area contributed by atoms with Gasteiger partial charge in [0.15, 0.2) is 5.78 Å². The van der Waals surface area contributed by atoms with Crippen LogP contribution in [0.15, 0.2) is 24.3 Å². The van der Waals surface area contributed by atoms with E-state index in [1.165, 1.54) is 13.0 Å². The molecule has 0 fully saturated rings. The minimum Gasteiger partial charge on any atom is -0.507 e. The number of Topliss-reactive ketones (excluding diaryl/α,β-unsaturated/α-hetero) is 2. The highest BCUT2D eigenvalue weighted by Gasteiger charge is 2.51. The first-order valence-electron chi connectivity index (χ1n) is 8.45. The van der Waals surface area contributed by atoms with Crippen LogP contribution < -0.4 is 0 Å². The number of rotatable bonds is 3. The van der Waals surface area contributed by atoms with Crippen molar-refractivity contribution >= 4 is 22.3 Å². The SMILES string of the molecule is CC[C@H](C)[C@@]1(O)CC(=O)c2c(cc3cccc(O)c3c2O)[C@H]1C(C)=O. The average Bonchev–Trinajstić information content (AvgIpc) is 2.52. The number of phenols is 2. The van der Waals surface area contributed by atoms with Crippen LogP contribution in [0, 0.1) is 5.92 Å². The standard InChI is InChI=1S/C20H22O5/c1-4-10(2)20(25)9-15(23)17-13(18(20)11(3)21)8-12-6-5-7-14(22)16(12)19(17)24/h5-8,10,18,22,24-25H,4,9H2,1-3H3/t10-,18+,20-/m0/s1. The molecule has 25 heavy (non-hydrogen) atoms. The Morgan fingerprint density at radius 1 is 1.36 bits per heavy atom. The second kappa shape index (κ2) is 5.85. The second-order valence-electron chi connectivity index (χ2n) is 7.01. The van der Waals surface area contributed by atoms with Crippen LogP contribution in [-0.2, 0) is 4.79 Å². The molecule has 0 amide bonds. The third-order valence-corrected chi connectivity index (χ3v) is 5.55. The molecule has 0 spiro atoms. The molecule has 0 heterocycles. The predicted molar refractivity (Wildman–Crippen MR) is 94.1 cm³/mol. The van der Waals surface area contributed by atoms with E-state index in [1.54, 1.807) is 18.2 Å². The van der Waals surface area contributed by atoms with E-state index in [4.69, 9.17) is 0 Å². The molecule has 1 aliphatic rings. The Kier molecular flexibility index (Phi) is 4.07. The van der Waals surface area contributed by atoms with Gasteiger partial charge in [0, 0.05) is 6.42 Å². The number of aromatic hydroxyl groups is 2. The number of hydrogen-bond acceptors (Lipinski definition) is 5. The van der Waals surface area contributed by atoms with Gasteiger partial charge in [0.25, 0.3) is 0 Å². The quantitative estimate of drug-likeness (QED) is 0.795. The van der Waals surface area contributed by atoms with E-state index < -0.39 is 17.3 Å². The normalized spacial score (nSPS) is 24.2. The van der Waals surface area contributed by atoms with Gasteiger partial charge in [-0.15, -0.1) is 0 Å². The van der Waals surface area contributed by atoms with Gasteiger partial charge in [-0.2, -0.15) is 0 Å². The molecule has 0 aliphatic heterocycles. The maximum Gasteiger partial charge on any atom is 0.169 e. The number of benzene rings is 2. The largest absolute Gasteiger partial charge is 0.507 e. The van der Waals surface area contributed by atoms with Crippen molar-refractivity contribution in [1.82, 2.24) is 0 Å². The van der Waals surface area contributed by atoms with Crippen molar-refractivity contribution in [3.63, 3.8) is 0 Å². The van der Waals surface area contributed by atoms with Crippen molar-refractivity contribution < 1.29 is 24.9 Å². The Bertz CT molecular complexity index is 885. The van der Waals surface area contributed by atoms with E-state index in [1.807, 2.05) is 13.8 Å². The lowest BCUT2D eigenvalue weighted by Crippen LogP contribution is -2.50. The molecular formula is C20H22O5. The van der Waals surface area contributed by atoms with Gasteiger partial charge in [0.2, 0.25) is 0 Å². The van der Waals surface area contributed by atoms with Crippen molar-refractivity contribution in [3.05, 3.63) is 35.4 Å². The van der Waals surface area contributed by atoms with Gasteiger partial charge >= 0.3 is 0 Å². The van der Waals surface area contributed by atoms with Gasteiger partial charge in [-0.3, -0.25) is 9.59 Å². The summed E-state index contributed by atoms with van der Waals surface area (Å²) in [5, 5.41) is 32.6. The van der Waals surface area contributed by atoms with Crippen LogP contribution in [0.1, 0.15) is 55.5 Å². The van der Waals surface area contributed by atoms with Crippen molar-refractivity contribution in [1.29, 1.82) is 0 Å². The average molecular weight is 342 g/mol. The highest BCUT2D eigenvalue weighted by atomic mass is 16.3. The Morgan fingerprint density at radius 2 is 2.04 bits per heavy atom. The summed E-state index contributed by atoms with van der Waals surface area (Å²) in [6.07, 6.45) is 0.384. The fourth-order valence-corrected chi connectivity index (χ4v) is 4.06. The molecule has 0 unspecified atom stereocenters. The summed E-state index contributed by atoms with van der Waals surface area (Å²) >= 11 is 0. The van der Waals surface area contributed by atoms with Crippen LogP contribution >= 0.6 is 0 Å². The molecule has 0 aromatic heterocycles. The van der Waals surface area contributed by atoms with Crippen LogP contribution in [0.3, 0.4) is 0 Å². The highest BCUT2D eigenvalue weighted by Crippen LogP contribution is 2.50. The van der Waals surface area contributed by atoms with Crippen LogP contribution in [-0.4, -0.2) is 32.5 Å². The van der Waals surface area contributed by atoms with Gasteiger partial charge in [-0.1, -0.05) is 32.4 Å². The first-order valence-corrected chi connectivity index (χ1v) is 8.45. The summed E-state index contributed by atoms with van der Waals surface area (Å²) in [6, 6.07) is 6.37. The van der Waals surface area contributed by atoms with Crippen molar-refractivity contribution in [2.24, 2.45) is 5.92 Å². The lowest BCUT2D eigenvalue weighted by molar-refractivity contribution is -0.128. The van der Waals surface area contributed by atoms with E-state index in [-0.39, 0.29) is 40.6 Å². The van der Waals surface area contributed by atoms with Crippen molar-refractivity contribution in [2.45, 2.75) is 45.1 Å². The zero-order valence-electron chi connectivity index (χ0n) is 14.5. The zero-order chi connectivity index (χ0) is 18.5. The highest BCUT2D eigenvalue weighted by molar-refractivity contribution is 6.11. The molecule has 0 bridgehead atoms. The summed E-state index contributed by atoms with van der Waals surface area (Å²) in [5.41, 5.74) is -1.12. The topological polar surface area (TPSA) is 94.8 Å². The summed E-state index contributed by atoms with van der Waals surface area (Å²) in [4.78, 5) is 25.2. The van der Waals surface area contributed by atoms with Crippen LogP contribution in [0.4, 0.5) is 0 Å². The minimum atomic E-state index is -1.48. The van der Waals surface area contributed by atoms with E-state index in [0.29, 0.717) is 17.4 Å². The van der Waals surface area contributed by atoms with Gasteiger partial charge in [0.05, 0.1) is 22.5 Å². The molecule has 2 aromatic rings. The maximum absolute atomic E-state index is 12.8. The van der Waals surface area contributed by atoms with Crippen LogP contribution in [0.5, 0.6) is 11.5 Å². The Labute approximate surface area is 145 Å². The van der Waals surface area contributed by atoms with Crippen LogP contribution in [0.2, 0.25) is 0 Å². The Morgan fingerprint density at radius 3 is 2.64 bits per heavy atom. The van der Waals surface area contributed by atoms with E-state index >= 15 is 0 Å². The number of carbonyl (C=O) groups is 2. The van der Waals surface area contributed by atoms with Crippen molar-refractivity contribution in [2.75, 3.05) is 0 Å². The predicted octanol–water partition coefficient (Wildman–Crippen LogP) is 3.29. The van der Waals surface area contributed by atoms with Gasteiger partial charge in [-0.25, -0.2) is 0 Å². The number of fused-ring (bicyclic) bond motifs is 2. The van der Waals surface area contributed by atoms with E-state index in [0.717, 1.165) is 0 Å². The number of phenolic OH excluding ortho intramolecular Hbond substituents is 2. The molecule has 0 saturated heterocycles. The first kappa shape index (κ1) is 17.4. The van der Waals surface area contributed by atoms with Crippen LogP contribution in [0.25, 0.3) is 10.8 Å². The zero-order valence-corrected chi connectivity index (χ0v) is 14.5. The molecule has 3 atom stereocenters. The Balaban J connectivity index is 2.38. The van der Waals surface area contributed by atoms with E-state index in [2.05, 4.69) is 0 Å². The summed E-state index contributed by atoms with van der Waals surface area (Å²) in [5.74, 6) is -2.29. The number of hydrogen-bond donors (Lipinski definition) is 3. The van der Waals surface area contributed by atoms with Crippen molar-refractivity contribution in [3.8, 4) is 11.5 Å². The maximum atomic E-state index is 12.8. The van der Waals surface area contributed by atoms with Gasteiger partial charge in [-0.05, 0) is 35.9 Å². The molecule has 1 aliphatic carbocycles. The second-order valence-corrected chi connectivity index (χ2v) is 7.01. The molecule has 5 nitrogen and oxygen atoms in total. The first-order chi connectivity index (χ1) is 11.7. The third kappa shape index (κ3) is 2.42. The smallest absolute Gasteiger partial charge is 0.169 e. The molecule has 5 heteroatoms. The molecule has 3 N–H and O–H groups in total. The lowest BCUT2D eigenvalue weighted by Gasteiger charge is -2.43. The lowest BCUT2D eigenvalue weighted by atomic mass is 9.63. The number of aliphatic hydroxyl groups is 1. The monoisotopic (exact) mass is 342 g/mol. The molecule has 132 valence electrons. The van der Waals surface area contributed by atoms with Gasteiger partial charge in [0.1, 0.15) is 17.3 Å². The minimum absolute atomic E-state index is 0.0298. The fourth-order valence-electron chi connectivity index (χ4n) is 4.06. The van der Waals surface area contributed by atoms with E-state index in [9.17, 15) is 24.9 Å². The fraction of sp³-hybridized carbons (Fsp3) is 0.400. The molecule has 3 rings (SSSR count). The number of carbonyl (C=O) groups excluding carboxylic acids is 2. The summed E-state index contributed by atoms with van der Waals surface area (Å²) < 4.78 is 0. The van der Waals surface area contributed by atoms with Gasteiger partial charge < -0.3 is 15.3 Å². The summed E-state index contributed by atoms with van der Waals surface area (Å²) in [6.45, 7) is 5.11. The Hall–Kier alpha value is -2.40. The summed E-state index contributed by atoms with van der Waals surface area (Å²) in [7, 11) is 0. The molecule has 2 aromatic carbocycles. The third-order valence-electron chi connectivity index (χ3n) is 5.55. The molecular weight excluding hydrogens is 320 g/mol.